The van der Waals surface area contributed by atoms with Crippen LogP contribution >= 0.6 is 0 Å². The molecule has 11 heavy (non-hydrogen) atoms. The van der Waals surface area contributed by atoms with Crippen molar-refractivity contribution in [2.24, 2.45) is 0 Å². The molecule has 0 unspecified atom stereocenters. The quantitative estimate of drug-likeness (QED) is 0.579. The average Bonchev–Trinajstić information content (AvgIpc) is 2.30. The Bertz CT molecular complexity index is 281. The summed E-state index contributed by atoms with van der Waals surface area (Å²) in [5, 5.41) is 23.7. The van der Waals surface area contributed by atoms with Gasteiger partial charge in [-0.05, 0) is 11.6 Å². The number of nitrogens with zero attached hydrogens (tertiary/aromatic N) is 3. The van der Waals surface area contributed by atoms with Crippen molar-refractivity contribution in [1.29, 1.82) is 0 Å². The molecule has 0 atom stereocenters. The molecule has 0 aliphatic carbocycles. The van der Waals surface area contributed by atoms with Gasteiger partial charge in [-0.25, -0.2) is 4.79 Å². The molecule has 0 aromatic carbocycles. The number of carboxylic acids is 1. The van der Waals surface area contributed by atoms with E-state index < -0.39 is 5.97 Å². The third-order valence-electron chi connectivity index (χ3n) is 1.28. The topological polar surface area (TPSA) is 88.2 Å². The summed E-state index contributed by atoms with van der Waals surface area (Å²) in [6, 6.07) is 0. The molecule has 0 radical (unpaired) electrons. The molecule has 1 aromatic rings. The average molecular weight is 157 g/mol. The molecule has 1 heterocycles. The van der Waals surface area contributed by atoms with Gasteiger partial charge in [-0.1, -0.05) is 11.8 Å². The first kappa shape index (κ1) is 7.52. The van der Waals surface area contributed by atoms with Crippen LogP contribution in [0.5, 0.6) is 0 Å². The maximum atomic E-state index is 10.4. The Kier molecular flexibility index (Phi) is 1.75. The highest BCUT2D eigenvalue weighted by atomic mass is 16.5. The van der Waals surface area contributed by atoms with Crippen LogP contribution in [0.4, 0.5) is 0 Å². The van der Waals surface area contributed by atoms with Crippen molar-refractivity contribution in [1.82, 2.24) is 15.2 Å². The maximum absolute atomic E-state index is 10.4. The van der Waals surface area contributed by atoms with Gasteiger partial charge >= 0.3 is 5.97 Å². The first-order valence-electron chi connectivity index (χ1n) is 3.04. The van der Waals surface area contributed by atoms with Crippen LogP contribution in [0, 0.1) is 0 Å². The maximum Gasteiger partial charge on any atom is 0.358 e. The van der Waals surface area contributed by atoms with E-state index in [1.165, 1.54) is 0 Å². The Morgan fingerprint density at radius 1 is 1.73 bits per heavy atom. The van der Waals surface area contributed by atoms with Gasteiger partial charge in [0.25, 0.3) is 0 Å². The molecule has 2 N–H and O–H groups in total. The predicted octanol–water partition coefficient (Wildman–Crippen LogP) is -0.224. The summed E-state index contributed by atoms with van der Waals surface area (Å²) in [5.41, 5.74) is 0.00694. The van der Waals surface area contributed by atoms with E-state index in [1.54, 1.807) is 6.92 Å². The monoisotopic (exact) mass is 157 g/mol. The first-order valence-corrected chi connectivity index (χ1v) is 3.04. The van der Waals surface area contributed by atoms with Gasteiger partial charge in [-0.2, -0.15) is 0 Å². The van der Waals surface area contributed by atoms with E-state index in [2.05, 4.69) is 10.3 Å². The molecule has 0 aliphatic heterocycles. The number of carboxylic acid groups (broad SMARTS) is 1. The van der Waals surface area contributed by atoms with E-state index in [-0.39, 0.29) is 11.4 Å². The van der Waals surface area contributed by atoms with Gasteiger partial charge in [0, 0.05) is 0 Å². The second-order valence-corrected chi connectivity index (χ2v) is 1.93. The second kappa shape index (κ2) is 2.57. The van der Waals surface area contributed by atoms with Gasteiger partial charge in [0.15, 0.2) is 5.69 Å². The fourth-order valence-corrected chi connectivity index (χ4v) is 0.769. The van der Waals surface area contributed by atoms with Crippen molar-refractivity contribution in [3.63, 3.8) is 0 Å². The molecule has 1 rings (SSSR count). The molecule has 0 saturated carbocycles. The molecular formula is C5H7N3O3. The zero-order valence-electron chi connectivity index (χ0n) is 5.85. The summed E-state index contributed by atoms with van der Waals surface area (Å²) < 4.78 is 0. The highest BCUT2D eigenvalue weighted by Gasteiger charge is 2.16. The van der Waals surface area contributed by atoms with Gasteiger partial charge in [0.05, 0.1) is 0 Å². The number of carbonyl (C=O) groups is 1. The van der Waals surface area contributed by atoms with Crippen LogP contribution in [-0.2, 0) is 6.42 Å². The summed E-state index contributed by atoms with van der Waals surface area (Å²) in [5.74, 6) is -1.18. The van der Waals surface area contributed by atoms with E-state index in [4.69, 9.17) is 10.3 Å². The molecular weight excluding hydrogens is 150 g/mol. The number of hydrogen-bond acceptors (Lipinski definition) is 4. The SMILES string of the molecule is CCc1c(C(=O)O)nnn1O. The van der Waals surface area contributed by atoms with Crippen LogP contribution in [-0.4, -0.2) is 31.4 Å². The number of aromatic nitrogens is 3. The summed E-state index contributed by atoms with van der Waals surface area (Å²) in [6.07, 6.45) is 0.380. The van der Waals surface area contributed by atoms with Crippen molar-refractivity contribution in [2.75, 3.05) is 0 Å². The number of aromatic carboxylic acids is 1. The van der Waals surface area contributed by atoms with E-state index >= 15 is 0 Å². The van der Waals surface area contributed by atoms with Crippen LogP contribution in [0.2, 0.25) is 0 Å². The third-order valence-corrected chi connectivity index (χ3v) is 1.28. The lowest BCUT2D eigenvalue weighted by Crippen LogP contribution is -2.04. The minimum Gasteiger partial charge on any atom is -0.476 e. The zero-order chi connectivity index (χ0) is 8.43. The standard InChI is InChI=1S/C5H7N3O3/c1-2-3-4(5(9)10)6-7-8(3)11/h11H,2H2,1H3,(H,9,10). The first-order chi connectivity index (χ1) is 5.16. The molecule has 0 amide bonds. The van der Waals surface area contributed by atoms with Crippen LogP contribution in [0.1, 0.15) is 23.1 Å². The Hall–Kier alpha value is -1.59. The van der Waals surface area contributed by atoms with E-state index in [9.17, 15) is 4.79 Å². The largest absolute Gasteiger partial charge is 0.476 e. The van der Waals surface area contributed by atoms with Crippen LogP contribution in [0.3, 0.4) is 0 Å². The van der Waals surface area contributed by atoms with Crippen molar-refractivity contribution in [2.45, 2.75) is 13.3 Å². The molecule has 0 aliphatic rings. The van der Waals surface area contributed by atoms with Crippen LogP contribution in [0.15, 0.2) is 0 Å². The Morgan fingerprint density at radius 3 is 2.73 bits per heavy atom. The normalized spacial score (nSPS) is 9.91. The minimum atomic E-state index is -1.18. The van der Waals surface area contributed by atoms with E-state index in [1.807, 2.05) is 0 Å². The lowest BCUT2D eigenvalue weighted by Gasteiger charge is -1.93. The molecule has 1 aromatic heterocycles. The van der Waals surface area contributed by atoms with Crippen molar-refractivity contribution in [3.05, 3.63) is 11.4 Å². The summed E-state index contributed by atoms with van der Waals surface area (Å²) in [7, 11) is 0. The molecule has 0 spiro atoms. The fraction of sp³-hybridized carbons (Fsp3) is 0.400. The summed E-state index contributed by atoms with van der Waals surface area (Å²) in [4.78, 5) is 10.8. The lowest BCUT2D eigenvalue weighted by molar-refractivity contribution is 0.0687. The molecule has 0 fully saturated rings. The molecule has 60 valence electrons. The van der Waals surface area contributed by atoms with Crippen molar-refractivity contribution < 1.29 is 15.1 Å². The highest BCUT2D eigenvalue weighted by molar-refractivity contribution is 5.86. The van der Waals surface area contributed by atoms with E-state index in [0.717, 1.165) is 0 Å². The highest BCUT2D eigenvalue weighted by Crippen LogP contribution is 2.03. The Balaban J connectivity index is 3.15. The van der Waals surface area contributed by atoms with Gasteiger partial charge in [-0.15, -0.1) is 5.10 Å². The second-order valence-electron chi connectivity index (χ2n) is 1.93. The summed E-state index contributed by atoms with van der Waals surface area (Å²) in [6.45, 7) is 1.71. The molecule has 0 bridgehead atoms. The molecule has 6 nitrogen and oxygen atoms in total. The number of hydrogen-bond donors (Lipinski definition) is 2. The smallest absolute Gasteiger partial charge is 0.358 e. The van der Waals surface area contributed by atoms with Crippen LogP contribution in [0.25, 0.3) is 0 Å². The third kappa shape index (κ3) is 1.14. The minimum absolute atomic E-state index is 0.199. The van der Waals surface area contributed by atoms with Gasteiger partial charge in [-0.3, -0.25) is 0 Å². The van der Waals surface area contributed by atoms with Gasteiger partial charge in [0.1, 0.15) is 5.69 Å². The van der Waals surface area contributed by atoms with Crippen molar-refractivity contribution >= 4 is 5.97 Å². The van der Waals surface area contributed by atoms with Crippen LogP contribution < -0.4 is 0 Å². The zero-order valence-corrected chi connectivity index (χ0v) is 5.85. The molecule has 6 heteroatoms. The fourth-order valence-electron chi connectivity index (χ4n) is 0.769. The predicted molar refractivity (Wildman–Crippen MR) is 33.5 cm³/mol. The Morgan fingerprint density at radius 2 is 2.36 bits per heavy atom. The summed E-state index contributed by atoms with van der Waals surface area (Å²) >= 11 is 0. The van der Waals surface area contributed by atoms with Gasteiger partial charge < -0.3 is 10.3 Å². The van der Waals surface area contributed by atoms with Crippen molar-refractivity contribution in [3.8, 4) is 0 Å². The van der Waals surface area contributed by atoms with E-state index in [0.29, 0.717) is 11.3 Å². The lowest BCUT2D eigenvalue weighted by atomic mass is 10.3. The molecule has 0 saturated heterocycles. The Labute approximate surface area is 62.0 Å². The number of rotatable bonds is 2. The van der Waals surface area contributed by atoms with Gasteiger partial charge in [0.2, 0.25) is 0 Å².